The number of carbonyl (C=O) groups is 1. The molecule has 0 saturated heterocycles. The minimum atomic E-state index is -0.604. The molecule has 0 spiro atoms. The second kappa shape index (κ2) is 6.42. The predicted molar refractivity (Wildman–Crippen MR) is 87.6 cm³/mol. The molecule has 1 unspecified atom stereocenters. The van der Waals surface area contributed by atoms with Gasteiger partial charge in [-0.25, -0.2) is 4.79 Å². The molecule has 1 heterocycles. The topological polar surface area (TPSA) is 72.5 Å². The lowest BCUT2D eigenvalue weighted by molar-refractivity contribution is -0.158. The first-order valence-corrected chi connectivity index (χ1v) is 7.91. The minimum Gasteiger partial charge on any atom is -0.512 e. The Morgan fingerprint density at radius 2 is 2.14 bits per heavy atom. The highest BCUT2D eigenvalue weighted by Gasteiger charge is 2.40. The lowest BCUT2D eigenvalue weighted by atomic mass is 9.83. The Bertz CT molecular complexity index is 594. The Morgan fingerprint density at radius 1 is 1.41 bits per heavy atom. The summed E-state index contributed by atoms with van der Waals surface area (Å²) in [6.07, 6.45) is 2.72. The molecular weight excluding hydrogens is 278 g/mol. The van der Waals surface area contributed by atoms with E-state index in [-0.39, 0.29) is 11.7 Å². The molecule has 2 rings (SSSR count). The monoisotopic (exact) mass is 303 g/mol. The maximum atomic E-state index is 12.5. The summed E-state index contributed by atoms with van der Waals surface area (Å²) < 4.78 is 5.64. The first-order valence-electron chi connectivity index (χ1n) is 7.91. The van der Waals surface area contributed by atoms with E-state index in [1.807, 2.05) is 45.0 Å². The van der Waals surface area contributed by atoms with Crippen molar-refractivity contribution < 1.29 is 14.6 Å². The number of esters is 1. The van der Waals surface area contributed by atoms with Gasteiger partial charge in [0.15, 0.2) is 0 Å². The van der Waals surface area contributed by atoms with Gasteiger partial charge in [-0.15, -0.1) is 0 Å². The van der Waals surface area contributed by atoms with Gasteiger partial charge in [0, 0.05) is 18.0 Å². The molecule has 0 amide bonds. The van der Waals surface area contributed by atoms with E-state index >= 15 is 0 Å². The highest BCUT2D eigenvalue weighted by Crippen LogP contribution is 2.39. The van der Waals surface area contributed by atoms with Crippen molar-refractivity contribution in [1.29, 1.82) is 0 Å². The summed E-state index contributed by atoms with van der Waals surface area (Å²) in [6, 6.07) is 7.45. The molecule has 4 nitrogen and oxygen atoms in total. The van der Waals surface area contributed by atoms with Gasteiger partial charge < -0.3 is 15.6 Å². The zero-order valence-corrected chi connectivity index (χ0v) is 13.6. The predicted octanol–water partition coefficient (Wildman–Crippen LogP) is 4.08. The van der Waals surface area contributed by atoms with Gasteiger partial charge in [0.1, 0.15) is 11.4 Å². The van der Waals surface area contributed by atoms with Crippen molar-refractivity contribution in [2.75, 3.05) is 5.73 Å². The molecule has 1 aliphatic rings. The third kappa shape index (κ3) is 3.26. The van der Waals surface area contributed by atoms with Crippen LogP contribution in [0.3, 0.4) is 0 Å². The average Bonchev–Trinajstić information content (AvgIpc) is 2.42. The van der Waals surface area contributed by atoms with Crippen LogP contribution in [0.2, 0.25) is 0 Å². The van der Waals surface area contributed by atoms with Gasteiger partial charge in [-0.1, -0.05) is 32.4 Å². The van der Waals surface area contributed by atoms with E-state index < -0.39 is 11.6 Å². The standard InChI is InChI=1S/C18H25NO3/c1-4-9-18(3)11-15(20)16(17(21)22-18)14(5-2)12-7-6-8-13(19)10-12/h6-8,10,14,20H,4-5,9,11,19H2,1-3H3/t14-,18?/m0/s1. The minimum absolute atomic E-state index is 0.154. The SMILES string of the molecule is CCCC1(C)CC(O)=C([C@@H](CC)c2cccc(N)c2)C(=O)O1. The van der Waals surface area contributed by atoms with Crippen LogP contribution in [-0.4, -0.2) is 16.7 Å². The van der Waals surface area contributed by atoms with Gasteiger partial charge in [0.25, 0.3) is 0 Å². The second-order valence-electron chi connectivity index (χ2n) is 6.26. The van der Waals surface area contributed by atoms with Gasteiger partial charge in [-0.2, -0.15) is 0 Å². The molecule has 0 radical (unpaired) electrons. The number of carbonyl (C=O) groups excluding carboxylic acids is 1. The molecule has 0 aliphatic carbocycles. The molecule has 1 aromatic carbocycles. The third-order valence-electron chi connectivity index (χ3n) is 4.26. The van der Waals surface area contributed by atoms with Gasteiger partial charge >= 0.3 is 5.97 Å². The zero-order valence-electron chi connectivity index (χ0n) is 13.6. The summed E-state index contributed by atoms with van der Waals surface area (Å²) in [6.45, 7) is 5.90. The van der Waals surface area contributed by atoms with Gasteiger partial charge in [0.05, 0.1) is 5.57 Å². The number of ether oxygens (including phenoxy) is 1. The number of benzene rings is 1. The summed E-state index contributed by atoms with van der Waals surface area (Å²) in [5, 5.41) is 10.5. The van der Waals surface area contributed by atoms with Crippen LogP contribution in [-0.2, 0) is 9.53 Å². The Kier molecular flexibility index (Phi) is 4.79. The number of aliphatic hydroxyl groups excluding tert-OH is 1. The molecule has 1 aromatic rings. The molecular formula is C18H25NO3. The van der Waals surface area contributed by atoms with Gasteiger partial charge in [-0.05, 0) is 37.5 Å². The largest absolute Gasteiger partial charge is 0.512 e. The van der Waals surface area contributed by atoms with Crippen molar-refractivity contribution in [3.8, 4) is 0 Å². The summed E-state index contributed by atoms with van der Waals surface area (Å²) in [5.41, 5.74) is 7.19. The Morgan fingerprint density at radius 3 is 2.68 bits per heavy atom. The summed E-state index contributed by atoms with van der Waals surface area (Å²) >= 11 is 0. The normalized spacial score (nSPS) is 23.3. The van der Waals surface area contributed by atoms with Crippen LogP contribution >= 0.6 is 0 Å². The molecule has 0 saturated carbocycles. The van der Waals surface area contributed by atoms with Crippen molar-refractivity contribution in [1.82, 2.24) is 0 Å². The van der Waals surface area contributed by atoms with Crippen LogP contribution in [0.15, 0.2) is 35.6 Å². The van der Waals surface area contributed by atoms with Crippen molar-refractivity contribution in [2.24, 2.45) is 0 Å². The van der Waals surface area contributed by atoms with Crippen LogP contribution in [0.5, 0.6) is 0 Å². The van der Waals surface area contributed by atoms with Crippen LogP contribution in [0.25, 0.3) is 0 Å². The molecule has 120 valence electrons. The fraction of sp³-hybridized carbons (Fsp3) is 0.500. The molecule has 0 bridgehead atoms. The van der Waals surface area contributed by atoms with E-state index in [1.165, 1.54) is 0 Å². The second-order valence-corrected chi connectivity index (χ2v) is 6.26. The number of cyclic esters (lactones) is 1. The van der Waals surface area contributed by atoms with Crippen molar-refractivity contribution in [3.05, 3.63) is 41.2 Å². The highest BCUT2D eigenvalue weighted by molar-refractivity contribution is 5.92. The molecule has 0 aromatic heterocycles. The molecule has 2 atom stereocenters. The fourth-order valence-electron chi connectivity index (χ4n) is 3.28. The Hall–Kier alpha value is -1.97. The summed E-state index contributed by atoms with van der Waals surface area (Å²) in [5.74, 6) is -0.447. The highest BCUT2D eigenvalue weighted by atomic mass is 16.6. The van der Waals surface area contributed by atoms with E-state index in [1.54, 1.807) is 0 Å². The lowest BCUT2D eigenvalue weighted by Gasteiger charge is -2.35. The lowest BCUT2D eigenvalue weighted by Crippen LogP contribution is -2.38. The van der Waals surface area contributed by atoms with Gasteiger partial charge in [-0.3, -0.25) is 0 Å². The molecule has 4 heteroatoms. The molecule has 1 aliphatic heterocycles. The summed E-state index contributed by atoms with van der Waals surface area (Å²) in [4.78, 5) is 12.5. The number of rotatable bonds is 5. The maximum absolute atomic E-state index is 12.5. The van der Waals surface area contributed by atoms with E-state index in [2.05, 4.69) is 0 Å². The zero-order chi connectivity index (χ0) is 16.3. The van der Waals surface area contributed by atoms with Crippen molar-refractivity contribution in [2.45, 2.75) is 58.0 Å². The van der Waals surface area contributed by atoms with Crippen LogP contribution in [0, 0.1) is 0 Å². The first-order chi connectivity index (χ1) is 10.4. The number of hydrogen-bond acceptors (Lipinski definition) is 4. The van der Waals surface area contributed by atoms with E-state index in [0.717, 1.165) is 18.4 Å². The third-order valence-corrected chi connectivity index (χ3v) is 4.26. The fourth-order valence-corrected chi connectivity index (χ4v) is 3.28. The van der Waals surface area contributed by atoms with E-state index in [4.69, 9.17) is 10.5 Å². The maximum Gasteiger partial charge on any atom is 0.338 e. The number of nitrogen functional groups attached to an aromatic ring is 1. The number of anilines is 1. The van der Waals surface area contributed by atoms with Crippen LogP contribution in [0.1, 0.15) is 57.9 Å². The summed E-state index contributed by atoms with van der Waals surface area (Å²) in [7, 11) is 0. The Labute approximate surface area is 132 Å². The molecule has 22 heavy (non-hydrogen) atoms. The van der Waals surface area contributed by atoms with Crippen LogP contribution < -0.4 is 5.73 Å². The average molecular weight is 303 g/mol. The van der Waals surface area contributed by atoms with E-state index in [9.17, 15) is 9.90 Å². The number of hydrogen-bond donors (Lipinski definition) is 2. The first kappa shape index (κ1) is 16.4. The van der Waals surface area contributed by atoms with Crippen molar-refractivity contribution >= 4 is 11.7 Å². The molecule has 3 N–H and O–H groups in total. The van der Waals surface area contributed by atoms with E-state index in [0.29, 0.717) is 24.1 Å². The number of nitrogens with two attached hydrogens (primary N) is 1. The Balaban J connectivity index is 2.38. The van der Waals surface area contributed by atoms with Gasteiger partial charge in [0.2, 0.25) is 0 Å². The quantitative estimate of drug-likeness (QED) is 0.635. The van der Waals surface area contributed by atoms with Crippen molar-refractivity contribution in [3.63, 3.8) is 0 Å². The molecule has 0 fully saturated rings. The number of aliphatic hydroxyl groups is 1. The van der Waals surface area contributed by atoms with Crippen LogP contribution in [0.4, 0.5) is 5.69 Å². The smallest absolute Gasteiger partial charge is 0.338 e.